The van der Waals surface area contributed by atoms with Gasteiger partial charge in [-0.3, -0.25) is 10.00 Å². The molecule has 1 fully saturated rings. The summed E-state index contributed by atoms with van der Waals surface area (Å²) in [5, 5.41) is 10.3. The van der Waals surface area contributed by atoms with Crippen LogP contribution in [0.4, 0.5) is 5.82 Å². The molecule has 3 heterocycles. The van der Waals surface area contributed by atoms with Crippen LogP contribution in [0.1, 0.15) is 37.0 Å². The molecule has 1 atom stereocenters. The Bertz CT molecular complexity index is 1230. The Morgan fingerprint density at radius 1 is 1.22 bits per heavy atom. The van der Waals surface area contributed by atoms with Crippen molar-refractivity contribution in [1.82, 2.24) is 25.4 Å². The van der Waals surface area contributed by atoms with E-state index in [9.17, 15) is 0 Å². The van der Waals surface area contributed by atoms with Crippen LogP contribution in [0.2, 0.25) is 0 Å². The first-order valence-corrected chi connectivity index (χ1v) is 12.9. The van der Waals surface area contributed by atoms with Crippen molar-refractivity contribution in [2.24, 2.45) is 5.73 Å². The number of benzene rings is 1. The molecule has 0 aliphatic carbocycles. The molecule has 0 amide bonds. The van der Waals surface area contributed by atoms with Crippen LogP contribution in [-0.4, -0.2) is 58.9 Å². The number of hydrogen-bond donors (Lipinski definition) is 4. The molecule has 1 aromatic carbocycles. The van der Waals surface area contributed by atoms with Gasteiger partial charge in [0, 0.05) is 60.2 Å². The number of hydrogen-bond acceptors (Lipinski definition) is 7. The zero-order valence-electron chi connectivity index (χ0n) is 21.6. The van der Waals surface area contributed by atoms with E-state index in [4.69, 9.17) is 18.4 Å². The first-order valence-electron chi connectivity index (χ1n) is 12.5. The Balaban J connectivity index is 1.47. The van der Waals surface area contributed by atoms with Gasteiger partial charge in [0.05, 0.1) is 6.20 Å². The molecule has 1 saturated heterocycles. The second kappa shape index (κ2) is 11.3. The van der Waals surface area contributed by atoms with Gasteiger partial charge < -0.3 is 16.0 Å². The van der Waals surface area contributed by atoms with Crippen LogP contribution < -0.4 is 16.0 Å². The van der Waals surface area contributed by atoms with Gasteiger partial charge in [-0.25, -0.2) is 4.98 Å². The second-order valence-electron chi connectivity index (χ2n) is 9.43. The molecule has 3 aromatic rings. The predicted octanol–water partition coefficient (Wildman–Crippen LogP) is 3.44. The maximum Gasteiger partial charge on any atom is 0.140 e. The smallest absolute Gasteiger partial charge is 0.140 e. The van der Waals surface area contributed by atoms with Gasteiger partial charge in [0.15, 0.2) is 0 Å². The number of nitrogens with one attached hydrogen (secondary N) is 2. The fraction of sp³-hybridized carbons (Fsp3) is 0.333. The third-order valence-electron chi connectivity index (χ3n) is 7.00. The topological polar surface area (TPSA) is 86.1 Å². The van der Waals surface area contributed by atoms with Crippen LogP contribution >= 0.6 is 12.6 Å². The zero-order valence-corrected chi connectivity index (χ0v) is 22.5. The van der Waals surface area contributed by atoms with Crippen molar-refractivity contribution in [1.29, 1.82) is 0 Å². The van der Waals surface area contributed by atoms with Crippen molar-refractivity contribution in [3.8, 4) is 11.1 Å². The molecule has 2 aromatic heterocycles. The molecule has 0 bridgehead atoms. The lowest BCUT2D eigenvalue weighted by Crippen LogP contribution is -2.55. The number of piperazine rings is 1. The highest BCUT2D eigenvalue weighted by atomic mass is 32.1. The highest BCUT2D eigenvalue weighted by molar-refractivity contribution is 7.83. The van der Waals surface area contributed by atoms with E-state index in [1.165, 1.54) is 0 Å². The number of aromatic amines is 1. The number of anilines is 1. The number of pyridine rings is 1. The second-order valence-corrected chi connectivity index (χ2v) is 10.4. The lowest BCUT2D eigenvalue weighted by molar-refractivity contribution is 0.212. The fourth-order valence-electron chi connectivity index (χ4n) is 4.45. The normalized spacial score (nSPS) is 17.2. The molecule has 7 nitrogen and oxygen atoms in total. The van der Waals surface area contributed by atoms with E-state index >= 15 is 0 Å². The monoisotopic (exact) mass is 501 g/mol. The minimum atomic E-state index is -0.0658. The molecule has 0 radical (unpaired) electrons. The van der Waals surface area contributed by atoms with E-state index in [1.807, 2.05) is 43.7 Å². The van der Waals surface area contributed by atoms with Gasteiger partial charge in [0.25, 0.3) is 0 Å². The van der Waals surface area contributed by atoms with Crippen LogP contribution in [0, 0.1) is 6.92 Å². The van der Waals surface area contributed by atoms with Gasteiger partial charge >= 0.3 is 0 Å². The quantitative estimate of drug-likeness (QED) is 0.280. The number of rotatable bonds is 8. The first-order chi connectivity index (χ1) is 17.3. The molecule has 4 N–H and O–H groups in total. The summed E-state index contributed by atoms with van der Waals surface area (Å²) in [6, 6.07) is 10.5. The summed E-state index contributed by atoms with van der Waals surface area (Å²) < 4.78 is -0.0658. The van der Waals surface area contributed by atoms with E-state index in [-0.39, 0.29) is 4.77 Å². The fourth-order valence-corrected chi connectivity index (χ4v) is 4.65. The van der Waals surface area contributed by atoms with Crippen molar-refractivity contribution in [2.75, 3.05) is 31.1 Å². The van der Waals surface area contributed by atoms with E-state index in [1.54, 1.807) is 0 Å². The lowest BCUT2D eigenvalue weighted by atomic mass is 9.90. The van der Waals surface area contributed by atoms with Gasteiger partial charge in [-0.05, 0) is 61.2 Å². The summed E-state index contributed by atoms with van der Waals surface area (Å²) in [5.41, 5.74) is 12.8. The Hall–Kier alpha value is -3.17. The van der Waals surface area contributed by atoms with E-state index in [2.05, 4.69) is 76.3 Å². The average Bonchev–Trinajstić information content (AvgIpc) is 3.44. The van der Waals surface area contributed by atoms with Gasteiger partial charge in [0.1, 0.15) is 19.5 Å². The molecule has 4 rings (SSSR count). The standard InChI is InChI=1S/C27H36BN7S/c1-4-24(33-25(29)15-22-14-20(7-6-19(22)3)23-17-31-32-18-23)21-8-9-30-26(16-21)34-10-12-35(13-11-34)27(28,36)5-2/h4,6-9,14-18,33,36H,5,10-13,28-29H2,1-3H3,(H,31,32)/b24-4+,25-15+. The van der Waals surface area contributed by atoms with Crippen molar-refractivity contribution in [3.63, 3.8) is 0 Å². The number of aromatic nitrogens is 3. The average molecular weight is 502 g/mol. The minimum absolute atomic E-state index is 0.0658. The zero-order chi connectivity index (χ0) is 25.7. The van der Waals surface area contributed by atoms with Gasteiger partial charge in [-0.2, -0.15) is 17.7 Å². The van der Waals surface area contributed by atoms with Crippen molar-refractivity contribution >= 4 is 38.1 Å². The Morgan fingerprint density at radius 3 is 2.67 bits per heavy atom. The lowest BCUT2D eigenvalue weighted by Gasteiger charge is -2.43. The van der Waals surface area contributed by atoms with Crippen LogP contribution in [0.3, 0.4) is 0 Å². The molecule has 9 heteroatoms. The maximum absolute atomic E-state index is 6.46. The van der Waals surface area contributed by atoms with E-state index in [0.29, 0.717) is 5.82 Å². The molecular weight excluding hydrogens is 465 g/mol. The summed E-state index contributed by atoms with van der Waals surface area (Å²) in [6.07, 6.45) is 10.6. The SMILES string of the molecule is BC(S)(CC)N1CCN(c2cc(/C(=C\C)N/C(N)=C/c3cc(-c4cn[nH]c4)ccc3C)ccn2)CC1. The summed E-state index contributed by atoms with van der Waals surface area (Å²) >= 11 is 4.85. The third kappa shape index (κ3) is 5.96. The maximum atomic E-state index is 6.46. The van der Waals surface area contributed by atoms with Gasteiger partial charge in [0.2, 0.25) is 0 Å². The van der Waals surface area contributed by atoms with Crippen molar-refractivity contribution in [2.45, 2.75) is 32.0 Å². The highest BCUT2D eigenvalue weighted by Crippen LogP contribution is 2.26. The molecule has 0 saturated carbocycles. The summed E-state index contributed by atoms with van der Waals surface area (Å²) in [4.78, 5) is 9.45. The van der Waals surface area contributed by atoms with Crippen LogP contribution in [0.15, 0.2) is 60.8 Å². The van der Waals surface area contributed by atoms with E-state index in [0.717, 1.165) is 71.9 Å². The third-order valence-corrected chi connectivity index (χ3v) is 7.60. The minimum Gasteiger partial charge on any atom is -0.385 e. The van der Waals surface area contributed by atoms with Gasteiger partial charge in [-0.1, -0.05) is 25.1 Å². The van der Waals surface area contributed by atoms with Crippen LogP contribution in [0.5, 0.6) is 0 Å². The number of nitrogens with zero attached hydrogens (tertiary/aromatic N) is 4. The highest BCUT2D eigenvalue weighted by Gasteiger charge is 2.29. The molecule has 36 heavy (non-hydrogen) atoms. The molecule has 1 aliphatic heterocycles. The number of allylic oxidation sites excluding steroid dienone is 1. The first kappa shape index (κ1) is 25.9. The number of aryl methyl sites for hydroxylation is 1. The number of nitrogens with two attached hydrogens (primary N) is 1. The Morgan fingerprint density at radius 2 is 2.00 bits per heavy atom. The number of H-pyrrole nitrogens is 1. The summed E-state index contributed by atoms with van der Waals surface area (Å²) in [5.74, 6) is 1.56. The molecule has 1 unspecified atom stereocenters. The van der Waals surface area contributed by atoms with Crippen LogP contribution in [0.25, 0.3) is 22.9 Å². The molecule has 188 valence electrons. The largest absolute Gasteiger partial charge is 0.385 e. The summed E-state index contributed by atoms with van der Waals surface area (Å²) in [6.45, 7) is 10.1. The Kier molecular flexibility index (Phi) is 8.11. The van der Waals surface area contributed by atoms with Crippen molar-refractivity contribution < 1.29 is 0 Å². The molecule has 0 spiro atoms. The molecule has 1 aliphatic rings. The van der Waals surface area contributed by atoms with Gasteiger partial charge in [-0.15, -0.1) is 0 Å². The Labute approximate surface area is 220 Å². The number of thiol groups is 1. The molecular formula is C27H36BN7S. The predicted molar refractivity (Wildman–Crippen MR) is 156 cm³/mol. The summed E-state index contributed by atoms with van der Waals surface area (Å²) in [7, 11) is 2.20. The van der Waals surface area contributed by atoms with E-state index < -0.39 is 0 Å². The van der Waals surface area contributed by atoms with Crippen molar-refractivity contribution in [3.05, 3.63) is 77.5 Å². The van der Waals surface area contributed by atoms with Crippen LogP contribution in [-0.2, 0) is 0 Å².